The summed E-state index contributed by atoms with van der Waals surface area (Å²) in [5.74, 6) is 1.43. The van der Waals surface area contributed by atoms with Gasteiger partial charge in [0.15, 0.2) is 0 Å². The Hall–Kier alpha value is -1.01. The minimum atomic E-state index is 0.647. The van der Waals surface area contributed by atoms with Crippen molar-refractivity contribution in [3.63, 3.8) is 0 Å². The molecule has 0 saturated carbocycles. The normalized spacial score (nSPS) is 14.2. The highest BCUT2D eigenvalue weighted by atomic mass is 79.9. The second kappa shape index (κ2) is 5.41. The fourth-order valence-electron chi connectivity index (χ4n) is 2.66. The molecule has 6 heteroatoms. The lowest BCUT2D eigenvalue weighted by molar-refractivity contribution is 0.411. The Morgan fingerprint density at radius 2 is 1.95 bits per heavy atom. The predicted molar refractivity (Wildman–Crippen MR) is 86.6 cm³/mol. The Balaban J connectivity index is 2.18. The van der Waals surface area contributed by atoms with Crippen LogP contribution in [0.2, 0.25) is 0 Å². The lowest BCUT2D eigenvalue weighted by atomic mass is 9.97. The topological polar surface area (TPSA) is 53.1 Å². The van der Waals surface area contributed by atoms with Crippen molar-refractivity contribution in [2.45, 2.75) is 25.7 Å². The van der Waals surface area contributed by atoms with Crippen LogP contribution in [-0.2, 0) is 12.8 Å². The van der Waals surface area contributed by atoms with E-state index < -0.39 is 0 Å². The zero-order valence-electron chi connectivity index (χ0n) is 11.1. The molecule has 4 nitrogen and oxygen atoms in total. The molecule has 1 aliphatic rings. The average Bonchev–Trinajstić information content (AvgIpc) is 2.77. The zero-order chi connectivity index (χ0) is 14.3. The van der Waals surface area contributed by atoms with Gasteiger partial charge in [-0.25, -0.2) is 4.68 Å². The number of nitrogens with two attached hydrogens (primary N) is 1. The van der Waals surface area contributed by atoms with Crippen LogP contribution in [0, 0.1) is 0 Å². The van der Waals surface area contributed by atoms with Gasteiger partial charge in [0.05, 0.1) is 17.3 Å². The minimum absolute atomic E-state index is 0.647. The van der Waals surface area contributed by atoms with Crippen molar-refractivity contribution in [1.29, 1.82) is 0 Å². The smallest absolute Gasteiger partial charge is 0.149 e. The van der Waals surface area contributed by atoms with E-state index in [1.54, 1.807) is 7.11 Å². The molecule has 0 saturated heterocycles. The van der Waals surface area contributed by atoms with Crippen molar-refractivity contribution in [3.8, 4) is 11.4 Å². The molecule has 0 spiro atoms. The van der Waals surface area contributed by atoms with Crippen LogP contribution in [0.1, 0.15) is 24.1 Å². The van der Waals surface area contributed by atoms with Crippen LogP contribution >= 0.6 is 31.9 Å². The van der Waals surface area contributed by atoms with Crippen LogP contribution in [0.4, 0.5) is 5.82 Å². The summed E-state index contributed by atoms with van der Waals surface area (Å²) in [6.45, 7) is 0. The summed E-state index contributed by atoms with van der Waals surface area (Å²) in [4.78, 5) is 0. The van der Waals surface area contributed by atoms with E-state index in [1.807, 2.05) is 16.8 Å². The van der Waals surface area contributed by atoms with Crippen LogP contribution in [0.15, 0.2) is 21.1 Å². The Bertz CT molecular complexity index is 667. The molecule has 0 unspecified atom stereocenters. The van der Waals surface area contributed by atoms with Gasteiger partial charge in [0.2, 0.25) is 0 Å². The molecule has 0 aliphatic heterocycles. The average molecular weight is 401 g/mol. The monoisotopic (exact) mass is 399 g/mol. The van der Waals surface area contributed by atoms with Crippen LogP contribution in [-0.4, -0.2) is 16.9 Å². The predicted octanol–water partition coefficient (Wildman–Crippen LogP) is 3.87. The number of halogens is 2. The van der Waals surface area contributed by atoms with Gasteiger partial charge in [0.25, 0.3) is 0 Å². The Morgan fingerprint density at radius 3 is 2.70 bits per heavy atom. The van der Waals surface area contributed by atoms with E-state index in [0.717, 1.165) is 33.2 Å². The number of hydrogen-bond acceptors (Lipinski definition) is 3. The first-order chi connectivity index (χ1) is 9.61. The Morgan fingerprint density at radius 1 is 1.20 bits per heavy atom. The molecule has 2 aromatic rings. The van der Waals surface area contributed by atoms with Crippen molar-refractivity contribution in [3.05, 3.63) is 32.3 Å². The summed E-state index contributed by atoms with van der Waals surface area (Å²) >= 11 is 7.08. The fourth-order valence-corrected chi connectivity index (χ4v) is 3.99. The first-order valence-corrected chi connectivity index (χ1v) is 8.10. The first-order valence-electron chi connectivity index (χ1n) is 6.51. The van der Waals surface area contributed by atoms with Gasteiger partial charge in [-0.05, 0) is 63.6 Å². The number of nitrogen functional groups attached to an aromatic ring is 1. The summed E-state index contributed by atoms with van der Waals surface area (Å²) in [6.07, 6.45) is 4.41. The number of ether oxygens (including phenoxy) is 1. The van der Waals surface area contributed by atoms with E-state index in [1.165, 1.54) is 24.1 Å². The minimum Gasteiger partial charge on any atom is -0.495 e. The maximum atomic E-state index is 6.06. The number of benzene rings is 1. The van der Waals surface area contributed by atoms with Crippen LogP contribution in [0.5, 0.6) is 5.75 Å². The number of nitrogens with zero attached hydrogens (tertiary/aromatic N) is 2. The summed E-state index contributed by atoms with van der Waals surface area (Å²) in [6, 6.07) is 3.94. The molecular weight excluding hydrogens is 386 g/mol. The SMILES string of the molecule is COc1cc(-n2nc(N)c3c2CCCC3)c(Br)cc1Br. The van der Waals surface area contributed by atoms with E-state index in [-0.39, 0.29) is 0 Å². The van der Waals surface area contributed by atoms with Gasteiger partial charge in [-0.2, -0.15) is 5.10 Å². The molecular formula is C14H15Br2N3O. The molecule has 1 heterocycles. The number of rotatable bonds is 2. The zero-order valence-corrected chi connectivity index (χ0v) is 14.3. The second-order valence-electron chi connectivity index (χ2n) is 4.87. The first kappa shape index (κ1) is 13.9. The molecule has 0 atom stereocenters. The molecule has 1 aliphatic carbocycles. The van der Waals surface area contributed by atoms with Gasteiger partial charge >= 0.3 is 0 Å². The van der Waals surface area contributed by atoms with Crippen LogP contribution in [0.3, 0.4) is 0 Å². The molecule has 20 heavy (non-hydrogen) atoms. The quantitative estimate of drug-likeness (QED) is 0.832. The van der Waals surface area contributed by atoms with E-state index in [2.05, 4.69) is 37.0 Å². The fraction of sp³-hybridized carbons (Fsp3) is 0.357. The van der Waals surface area contributed by atoms with Gasteiger partial charge in [0.1, 0.15) is 11.6 Å². The molecule has 3 rings (SSSR count). The van der Waals surface area contributed by atoms with E-state index >= 15 is 0 Å². The summed E-state index contributed by atoms with van der Waals surface area (Å²) in [5, 5.41) is 4.52. The van der Waals surface area contributed by atoms with Crippen molar-refractivity contribution in [2.24, 2.45) is 0 Å². The highest BCUT2D eigenvalue weighted by Gasteiger charge is 2.21. The lowest BCUT2D eigenvalue weighted by Gasteiger charge is -2.15. The van der Waals surface area contributed by atoms with Gasteiger partial charge in [-0.15, -0.1) is 0 Å². The third kappa shape index (κ3) is 2.24. The molecule has 0 bridgehead atoms. The van der Waals surface area contributed by atoms with Crippen molar-refractivity contribution in [2.75, 3.05) is 12.8 Å². The molecule has 0 radical (unpaired) electrons. The maximum absolute atomic E-state index is 6.06. The second-order valence-corrected chi connectivity index (χ2v) is 6.58. The highest BCUT2D eigenvalue weighted by molar-refractivity contribution is 9.11. The number of hydrogen-bond donors (Lipinski definition) is 1. The maximum Gasteiger partial charge on any atom is 0.149 e. The number of fused-ring (bicyclic) bond motifs is 1. The number of anilines is 1. The summed E-state index contributed by atoms with van der Waals surface area (Å²) in [5.41, 5.74) is 9.44. The van der Waals surface area contributed by atoms with Crippen molar-refractivity contribution < 1.29 is 4.74 Å². The van der Waals surface area contributed by atoms with Crippen molar-refractivity contribution >= 4 is 37.7 Å². The highest BCUT2D eigenvalue weighted by Crippen LogP contribution is 2.36. The third-order valence-electron chi connectivity index (χ3n) is 3.66. The summed E-state index contributed by atoms with van der Waals surface area (Å²) in [7, 11) is 1.66. The van der Waals surface area contributed by atoms with Crippen LogP contribution < -0.4 is 10.5 Å². The van der Waals surface area contributed by atoms with E-state index in [0.29, 0.717) is 5.82 Å². The lowest BCUT2D eigenvalue weighted by Crippen LogP contribution is -2.08. The molecule has 0 fully saturated rings. The Labute approximate surface area is 134 Å². The van der Waals surface area contributed by atoms with Gasteiger partial charge in [-0.3, -0.25) is 0 Å². The molecule has 2 N–H and O–H groups in total. The van der Waals surface area contributed by atoms with E-state index in [9.17, 15) is 0 Å². The van der Waals surface area contributed by atoms with Gasteiger partial charge in [-0.1, -0.05) is 0 Å². The van der Waals surface area contributed by atoms with Crippen molar-refractivity contribution in [1.82, 2.24) is 9.78 Å². The van der Waals surface area contributed by atoms with Crippen LogP contribution in [0.25, 0.3) is 5.69 Å². The number of methoxy groups -OCH3 is 1. The number of aromatic nitrogens is 2. The molecule has 106 valence electrons. The third-order valence-corrected chi connectivity index (χ3v) is 4.92. The molecule has 1 aromatic carbocycles. The Kier molecular flexibility index (Phi) is 3.77. The standard InChI is InChI=1S/C14H15Br2N3O/c1-20-13-7-12(9(15)6-10(13)16)19-11-5-3-2-4-8(11)14(17)18-19/h6-7H,2-5H2,1H3,(H2,17,18). The molecule has 0 amide bonds. The largest absolute Gasteiger partial charge is 0.495 e. The van der Waals surface area contributed by atoms with Gasteiger partial charge in [0, 0.05) is 21.8 Å². The van der Waals surface area contributed by atoms with E-state index in [4.69, 9.17) is 10.5 Å². The summed E-state index contributed by atoms with van der Waals surface area (Å²) < 4.78 is 9.19. The van der Waals surface area contributed by atoms with Gasteiger partial charge < -0.3 is 10.5 Å². The molecule has 1 aromatic heterocycles.